The van der Waals surface area contributed by atoms with Gasteiger partial charge in [-0.3, -0.25) is 9.69 Å². The van der Waals surface area contributed by atoms with Gasteiger partial charge in [-0.1, -0.05) is 36.4 Å². The Morgan fingerprint density at radius 2 is 1.61 bits per heavy atom. The number of nitrogens with zero attached hydrogens (tertiary/aromatic N) is 1. The number of carbonyl (C=O) groups excluding carboxylic acids is 1. The molecule has 28 heavy (non-hydrogen) atoms. The van der Waals surface area contributed by atoms with E-state index in [-0.39, 0.29) is 5.91 Å². The van der Waals surface area contributed by atoms with Crippen LogP contribution in [0, 0.1) is 0 Å². The molecule has 0 bridgehead atoms. The van der Waals surface area contributed by atoms with Crippen LogP contribution in [0.5, 0.6) is 5.75 Å². The Balaban J connectivity index is 1.42. The molecule has 2 N–H and O–H groups in total. The molecule has 0 saturated carbocycles. The summed E-state index contributed by atoms with van der Waals surface area (Å²) in [6.07, 6.45) is 3.14. The fraction of sp³-hybridized carbons (Fsp3) is 0.435. The highest BCUT2D eigenvalue weighted by Gasteiger charge is 2.09. The van der Waals surface area contributed by atoms with Crippen molar-refractivity contribution in [1.29, 1.82) is 0 Å². The summed E-state index contributed by atoms with van der Waals surface area (Å²) >= 11 is 0. The van der Waals surface area contributed by atoms with Crippen LogP contribution in [0.3, 0.4) is 0 Å². The number of hydrogen-bond acceptors (Lipinski definition) is 4. The van der Waals surface area contributed by atoms with Crippen molar-refractivity contribution in [2.45, 2.75) is 25.7 Å². The number of hydrogen-bond donors (Lipinski definition) is 1. The SMILES string of the molecule is NC(=O)CCCc1ccc(-c2ccc(OCCCN3CCOCC3)cc2)cc1. The normalized spacial score (nSPS) is 14.7. The van der Waals surface area contributed by atoms with Gasteiger partial charge in [0.2, 0.25) is 5.91 Å². The second-order valence-corrected chi connectivity index (χ2v) is 7.20. The van der Waals surface area contributed by atoms with Crippen molar-refractivity contribution >= 4 is 5.91 Å². The number of aryl methyl sites for hydroxylation is 1. The second-order valence-electron chi connectivity index (χ2n) is 7.20. The highest BCUT2D eigenvalue weighted by atomic mass is 16.5. The van der Waals surface area contributed by atoms with Crippen LogP contribution >= 0.6 is 0 Å². The molecule has 1 amide bonds. The topological polar surface area (TPSA) is 64.8 Å². The number of carbonyl (C=O) groups is 1. The van der Waals surface area contributed by atoms with Crippen LogP contribution in [0.15, 0.2) is 48.5 Å². The lowest BCUT2D eigenvalue weighted by molar-refractivity contribution is -0.118. The van der Waals surface area contributed by atoms with E-state index in [1.165, 1.54) is 16.7 Å². The van der Waals surface area contributed by atoms with Crippen LogP contribution in [0.25, 0.3) is 11.1 Å². The number of ether oxygens (including phenoxy) is 2. The number of benzene rings is 2. The third-order valence-corrected chi connectivity index (χ3v) is 5.02. The lowest BCUT2D eigenvalue weighted by Crippen LogP contribution is -2.37. The number of primary amides is 1. The molecule has 2 aromatic rings. The van der Waals surface area contributed by atoms with Crippen molar-refractivity contribution in [1.82, 2.24) is 4.90 Å². The van der Waals surface area contributed by atoms with E-state index in [1.807, 2.05) is 12.1 Å². The van der Waals surface area contributed by atoms with Crippen LogP contribution in [0.4, 0.5) is 0 Å². The summed E-state index contributed by atoms with van der Waals surface area (Å²) in [5.41, 5.74) is 8.76. The van der Waals surface area contributed by atoms with E-state index in [0.29, 0.717) is 6.42 Å². The minimum atomic E-state index is -0.236. The van der Waals surface area contributed by atoms with E-state index >= 15 is 0 Å². The van der Waals surface area contributed by atoms with Gasteiger partial charge >= 0.3 is 0 Å². The van der Waals surface area contributed by atoms with Gasteiger partial charge in [0.25, 0.3) is 0 Å². The first-order valence-electron chi connectivity index (χ1n) is 10.1. The van der Waals surface area contributed by atoms with Gasteiger partial charge < -0.3 is 15.2 Å². The van der Waals surface area contributed by atoms with Gasteiger partial charge in [-0.25, -0.2) is 0 Å². The molecule has 0 aromatic heterocycles. The summed E-state index contributed by atoms with van der Waals surface area (Å²) in [5, 5.41) is 0. The summed E-state index contributed by atoms with van der Waals surface area (Å²) in [7, 11) is 0. The standard InChI is InChI=1S/C23H30N2O3/c24-23(26)4-1-3-19-5-7-20(8-6-19)21-9-11-22(12-10-21)28-16-2-13-25-14-17-27-18-15-25/h5-12H,1-4,13-18H2,(H2,24,26). The zero-order valence-corrected chi connectivity index (χ0v) is 16.4. The second kappa shape index (κ2) is 10.8. The lowest BCUT2D eigenvalue weighted by Gasteiger charge is -2.26. The number of rotatable bonds is 10. The Labute approximate surface area is 167 Å². The Kier molecular flexibility index (Phi) is 7.88. The first kappa shape index (κ1) is 20.4. The van der Waals surface area contributed by atoms with Gasteiger partial charge in [0.05, 0.1) is 19.8 Å². The highest BCUT2D eigenvalue weighted by molar-refractivity contribution is 5.73. The Hall–Kier alpha value is -2.37. The van der Waals surface area contributed by atoms with E-state index in [1.54, 1.807) is 0 Å². The maximum Gasteiger partial charge on any atom is 0.217 e. The summed E-state index contributed by atoms with van der Waals surface area (Å²) in [6, 6.07) is 16.7. The molecular weight excluding hydrogens is 352 g/mol. The summed E-state index contributed by atoms with van der Waals surface area (Å²) < 4.78 is 11.2. The van der Waals surface area contributed by atoms with Gasteiger partial charge in [-0.2, -0.15) is 0 Å². The maximum atomic E-state index is 10.8. The van der Waals surface area contributed by atoms with Crippen LogP contribution in [-0.4, -0.2) is 50.3 Å². The zero-order valence-electron chi connectivity index (χ0n) is 16.4. The van der Waals surface area contributed by atoms with Crippen LogP contribution < -0.4 is 10.5 Å². The van der Waals surface area contributed by atoms with E-state index in [4.69, 9.17) is 15.2 Å². The van der Waals surface area contributed by atoms with Gasteiger partial charge in [0.1, 0.15) is 5.75 Å². The van der Waals surface area contributed by atoms with Crippen molar-refractivity contribution in [3.8, 4) is 16.9 Å². The molecule has 0 unspecified atom stereocenters. The smallest absolute Gasteiger partial charge is 0.217 e. The predicted octanol–water partition coefficient (Wildman–Crippen LogP) is 3.26. The first-order valence-corrected chi connectivity index (χ1v) is 10.1. The lowest BCUT2D eigenvalue weighted by atomic mass is 10.0. The quantitative estimate of drug-likeness (QED) is 0.641. The minimum absolute atomic E-state index is 0.236. The molecule has 1 saturated heterocycles. The Morgan fingerprint density at radius 1 is 0.964 bits per heavy atom. The number of amides is 1. The van der Waals surface area contributed by atoms with E-state index in [9.17, 15) is 4.79 Å². The molecular formula is C23H30N2O3. The van der Waals surface area contributed by atoms with Crippen molar-refractivity contribution in [2.75, 3.05) is 39.5 Å². The van der Waals surface area contributed by atoms with E-state index < -0.39 is 0 Å². The van der Waals surface area contributed by atoms with Gasteiger partial charge in [0.15, 0.2) is 0 Å². The molecule has 1 heterocycles. The Morgan fingerprint density at radius 3 is 2.25 bits per heavy atom. The fourth-order valence-electron chi connectivity index (χ4n) is 3.38. The molecule has 0 atom stereocenters. The average molecular weight is 383 g/mol. The largest absolute Gasteiger partial charge is 0.494 e. The molecule has 0 spiro atoms. The molecule has 3 rings (SSSR count). The number of morpholine rings is 1. The summed E-state index contributed by atoms with van der Waals surface area (Å²) in [6.45, 7) is 5.54. The molecule has 5 nitrogen and oxygen atoms in total. The van der Waals surface area contributed by atoms with E-state index in [0.717, 1.165) is 64.5 Å². The fourth-order valence-corrected chi connectivity index (χ4v) is 3.38. The molecule has 5 heteroatoms. The summed E-state index contributed by atoms with van der Waals surface area (Å²) in [4.78, 5) is 13.2. The van der Waals surface area contributed by atoms with Crippen LogP contribution in [-0.2, 0) is 16.0 Å². The molecule has 1 aliphatic heterocycles. The average Bonchev–Trinajstić information content (AvgIpc) is 2.73. The number of nitrogens with two attached hydrogens (primary N) is 1. The van der Waals surface area contributed by atoms with E-state index in [2.05, 4.69) is 41.3 Å². The third-order valence-electron chi connectivity index (χ3n) is 5.02. The summed E-state index contributed by atoms with van der Waals surface area (Å²) in [5.74, 6) is 0.675. The predicted molar refractivity (Wildman–Crippen MR) is 111 cm³/mol. The molecule has 1 fully saturated rings. The van der Waals surface area contributed by atoms with Crippen molar-refractivity contribution in [3.05, 3.63) is 54.1 Å². The minimum Gasteiger partial charge on any atom is -0.494 e. The van der Waals surface area contributed by atoms with Crippen molar-refractivity contribution in [3.63, 3.8) is 0 Å². The van der Waals surface area contributed by atoms with Gasteiger partial charge in [-0.05, 0) is 48.1 Å². The van der Waals surface area contributed by atoms with Crippen LogP contribution in [0.1, 0.15) is 24.8 Å². The monoisotopic (exact) mass is 382 g/mol. The van der Waals surface area contributed by atoms with Crippen molar-refractivity contribution in [2.24, 2.45) is 5.73 Å². The third kappa shape index (κ3) is 6.66. The first-order chi connectivity index (χ1) is 13.7. The molecule has 150 valence electrons. The zero-order chi connectivity index (χ0) is 19.6. The van der Waals surface area contributed by atoms with Gasteiger partial charge in [-0.15, -0.1) is 0 Å². The van der Waals surface area contributed by atoms with Crippen molar-refractivity contribution < 1.29 is 14.3 Å². The Bertz CT molecular complexity index is 723. The van der Waals surface area contributed by atoms with Crippen LogP contribution in [0.2, 0.25) is 0 Å². The maximum absolute atomic E-state index is 10.8. The highest BCUT2D eigenvalue weighted by Crippen LogP contribution is 2.23. The molecule has 0 aliphatic carbocycles. The molecule has 1 aliphatic rings. The van der Waals surface area contributed by atoms with Gasteiger partial charge in [0, 0.05) is 26.1 Å². The molecule has 0 radical (unpaired) electrons. The molecule has 2 aromatic carbocycles.